The molecule has 10 heteroatoms. The first kappa shape index (κ1) is 23.6. The number of fused-ring (bicyclic) bond motifs is 1. The van der Waals surface area contributed by atoms with Crippen molar-refractivity contribution in [1.29, 1.82) is 0 Å². The highest BCUT2D eigenvalue weighted by Crippen LogP contribution is 2.32. The van der Waals surface area contributed by atoms with Gasteiger partial charge in [-0.15, -0.1) is 0 Å². The first-order valence-corrected chi connectivity index (χ1v) is 11.7. The summed E-state index contributed by atoms with van der Waals surface area (Å²) < 4.78 is 27.1. The van der Waals surface area contributed by atoms with Gasteiger partial charge >= 0.3 is 0 Å². The molecule has 35 heavy (non-hydrogen) atoms. The highest BCUT2D eigenvalue weighted by molar-refractivity contribution is 5.55. The molecule has 2 aliphatic heterocycles. The zero-order chi connectivity index (χ0) is 24.0. The fourth-order valence-electron chi connectivity index (χ4n) is 4.19. The predicted octanol–water partition coefficient (Wildman–Crippen LogP) is 2.17. The van der Waals surface area contributed by atoms with E-state index in [9.17, 15) is 5.11 Å². The molecule has 0 amide bonds. The van der Waals surface area contributed by atoms with Crippen molar-refractivity contribution in [3.05, 3.63) is 53.9 Å². The van der Waals surface area contributed by atoms with E-state index in [1.807, 2.05) is 42.5 Å². The van der Waals surface area contributed by atoms with Crippen LogP contribution >= 0.6 is 0 Å². The molecule has 0 radical (unpaired) electrons. The molecule has 0 aliphatic carbocycles. The normalized spacial score (nSPS) is 17.0. The Labute approximate surface area is 204 Å². The number of hydrogen-bond acceptors (Lipinski definition) is 10. The number of hydrogen-bond donors (Lipinski definition) is 1. The zero-order valence-corrected chi connectivity index (χ0v) is 19.8. The summed E-state index contributed by atoms with van der Waals surface area (Å²) in [4.78, 5) is 9.06. The summed E-state index contributed by atoms with van der Waals surface area (Å²) in [5, 5.41) is 14.5. The molecule has 5 rings (SSSR count). The largest absolute Gasteiger partial charge is 0.497 e. The first-order valence-electron chi connectivity index (χ1n) is 11.7. The quantitative estimate of drug-likeness (QED) is 0.462. The van der Waals surface area contributed by atoms with Gasteiger partial charge in [0.05, 0.1) is 33.0 Å². The van der Waals surface area contributed by atoms with E-state index in [1.165, 1.54) is 0 Å². The van der Waals surface area contributed by atoms with Crippen LogP contribution in [-0.2, 0) is 17.9 Å². The minimum atomic E-state index is -0.543. The number of aliphatic hydroxyl groups is 1. The summed E-state index contributed by atoms with van der Waals surface area (Å²) in [5.41, 5.74) is 1.88. The van der Waals surface area contributed by atoms with Crippen LogP contribution in [-0.4, -0.2) is 84.4 Å². The van der Waals surface area contributed by atoms with Crippen LogP contribution in [0.25, 0.3) is 11.4 Å². The molecule has 1 N–H and O–H groups in total. The summed E-state index contributed by atoms with van der Waals surface area (Å²) in [5.74, 6) is 3.45. The van der Waals surface area contributed by atoms with Crippen molar-refractivity contribution in [2.24, 2.45) is 0 Å². The molecule has 3 aromatic rings. The minimum absolute atomic E-state index is 0.255. The third-order valence-corrected chi connectivity index (χ3v) is 6.12. The lowest BCUT2D eigenvalue weighted by Crippen LogP contribution is -2.48. The lowest BCUT2D eigenvalue weighted by molar-refractivity contribution is 0.000239. The summed E-state index contributed by atoms with van der Waals surface area (Å²) in [6, 6.07) is 13.3. The van der Waals surface area contributed by atoms with E-state index in [0.717, 1.165) is 54.6 Å². The number of benzene rings is 2. The van der Waals surface area contributed by atoms with Crippen LogP contribution in [0.1, 0.15) is 11.5 Å². The fourth-order valence-corrected chi connectivity index (χ4v) is 4.19. The highest BCUT2D eigenvalue weighted by Gasteiger charge is 2.21. The van der Waals surface area contributed by atoms with Crippen molar-refractivity contribution in [3.8, 4) is 28.6 Å². The number of piperazine rings is 1. The average Bonchev–Trinajstić information content (AvgIpc) is 3.55. The van der Waals surface area contributed by atoms with Gasteiger partial charge in [0.25, 0.3) is 0 Å². The minimum Gasteiger partial charge on any atom is -0.497 e. The lowest BCUT2D eigenvalue weighted by atomic mass is 10.2. The summed E-state index contributed by atoms with van der Waals surface area (Å²) in [6.07, 6.45) is -0.543. The molecule has 2 aliphatic rings. The number of rotatable bonds is 10. The monoisotopic (exact) mass is 482 g/mol. The Morgan fingerprint density at radius 3 is 2.57 bits per heavy atom. The maximum Gasteiger partial charge on any atom is 0.241 e. The van der Waals surface area contributed by atoms with Crippen molar-refractivity contribution >= 4 is 0 Å². The molecule has 3 heterocycles. The Morgan fingerprint density at radius 1 is 1.00 bits per heavy atom. The molecule has 0 unspecified atom stereocenters. The SMILES string of the molecule is COc1ccc(-c2noc(CN3CCN(C[C@@H](O)COCc4ccc5c(c4)OCO5)CC3)n2)cc1. The third kappa shape index (κ3) is 6.09. The summed E-state index contributed by atoms with van der Waals surface area (Å²) in [6.45, 7) is 5.60. The van der Waals surface area contributed by atoms with Gasteiger partial charge in [-0.2, -0.15) is 4.98 Å². The molecular formula is C25H30N4O6. The van der Waals surface area contributed by atoms with Gasteiger partial charge in [-0.05, 0) is 42.0 Å². The number of nitrogens with zero attached hydrogens (tertiary/aromatic N) is 4. The second-order valence-electron chi connectivity index (χ2n) is 8.67. The Morgan fingerprint density at radius 2 is 1.77 bits per heavy atom. The highest BCUT2D eigenvalue weighted by atomic mass is 16.7. The predicted molar refractivity (Wildman–Crippen MR) is 126 cm³/mol. The molecule has 0 spiro atoms. The van der Waals surface area contributed by atoms with Gasteiger partial charge in [0.1, 0.15) is 5.75 Å². The van der Waals surface area contributed by atoms with Crippen LogP contribution in [0.3, 0.4) is 0 Å². The van der Waals surface area contributed by atoms with Gasteiger partial charge in [-0.1, -0.05) is 11.2 Å². The van der Waals surface area contributed by atoms with Gasteiger partial charge in [-0.3, -0.25) is 9.80 Å². The van der Waals surface area contributed by atoms with Crippen molar-refractivity contribution in [1.82, 2.24) is 19.9 Å². The Hall–Kier alpha value is -3.18. The smallest absolute Gasteiger partial charge is 0.241 e. The van der Waals surface area contributed by atoms with Crippen LogP contribution in [0.4, 0.5) is 0 Å². The molecule has 2 aromatic carbocycles. The van der Waals surface area contributed by atoms with Crippen molar-refractivity contribution in [2.45, 2.75) is 19.3 Å². The van der Waals surface area contributed by atoms with Crippen LogP contribution in [0.5, 0.6) is 17.2 Å². The Kier molecular flexibility index (Phi) is 7.43. The van der Waals surface area contributed by atoms with Crippen LogP contribution in [0.2, 0.25) is 0 Å². The zero-order valence-electron chi connectivity index (χ0n) is 19.8. The fraction of sp³-hybridized carbons (Fsp3) is 0.440. The van der Waals surface area contributed by atoms with E-state index < -0.39 is 6.10 Å². The maximum absolute atomic E-state index is 10.4. The number of methoxy groups -OCH3 is 1. The molecular weight excluding hydrogens is 452 g/mol. The van der Waals surface area contributed by atoms with Gasteiger partial charge in [-0.25, -0.2) is 0 Å². The lowest BCUT2D eigenvalue weighted by Gasteiger charge is -2.34. The number of aliphatic hydroxyl groups excluding tert-OH is 1. The number of ether oxygens (including phenoxy) is 4. The van der Waals surface area contributed by atoms with Gasteiger partial charge in [0.15, 0.2) is 11.5 Å². The molecule has 0 bridgehead atoms. The Bertz CT molecular complexity index is 1100. The molecule has 0 saturated carbocycles. The van der Waals surface area contributed by atoms with E-state index in [-0.39, 0.29) is 13.4 Å². The van der Waals surface area contributed by atoms with Crippen LogP contribution < -0.4 is 14.2 Å². The first-order chi connectivity index (χ1) is 17.2. The van der Waals surface area contributed by atoms with Gasteiger partial charge in [0, 0.05) is 38.3 Å². The summed E-state index contributed by atoms with van der Waals surface area (Å²) >= 11 is 0. The van der Waals surface area contributed by atoms with E-state index in [1.54, 1.807) is 7.11 Å². The molecule has 10 nitrogen and oxygen atoms in total. The Balaban J connectivity index is 1.01. The van der Waals surface area contributed by atoms with E-state index in [2.05, 4.69) is 19.9 Å². The molecule has 1 atom stereocenters. The molecule has 1 saturated heterocycles. The molecule has 186 valence electrons. The second-order valence-corrected chi connectivity index (χ2v) is 8.67. The van der Waals surface area contributed by atoms with E-state index >= 15 is 0 Å². The van der Waals surface area contributed by atoms with Crippen molar-refractivity contribution in [3.63, 3.8) is 0 Å². The topological polar surface area (TPSA) is 103 Å². The number of aromatic nitrogens is 2. The van der Waals surface area contributed by atoms with E-state index in [0.29, 0.717) is 31.4 Å². The van der Waals surface area contributed by atoms with Gasteiger partial charge in [0.2, 0.25) is 18.5 Å². The molecule has 1 fully saturated rings. The molecule has 1 aromatic heterocycles. The standard InChI is InChI=1S/C25H30N4O6/c1-31-21-5-3-19(4-6-21)25-26-24(35-27-25)14-29-10-8-28(9-11-29)13-20(30)16-32-15-18-2-7-22-23(12-18)34-17-33-22/h2-7,12,20,30H,8-11,13-17H2,1H3/t20-/m1/s1. The van der Waals surface area contributed by atoms with Gasteiger partial charge < -0.3 is 28.6 Å². The average molecular weight is 483 g/mol. The second kappa shape index (κ2) is 11.0. The van der Waals surface area contributed by atoms with Crippen LogP contribution in [0.15, 0.2) is 47.0 Å². The third-order valence-electron chi connectivity index (χ3n) is 6.12. The van der Waals surface area contributed by atoms with Crippen molar-refractivity contribution < 1.29 is 28.6 Å². The van der Waals surface area contributed by atoms with E-state index in [4.69, 9.17) is 23.5 Å². The van der Waals surface area contributed by atoms with Crippen LogP contribution in [0, 0.1) is 0 Å². The van der Waals surface area contributed by atoms with Crippen molar-refractivity contribution in [2.75, 3.05) is 53.2 Å². The maximum atomic E-state index is 10.4. The summed E-state index contributed by atoms with van der Waals surface area (Å²) in [7, 11) is 1.64. The number of β-amino-alcohol motifs (C(OH)–C–C–N with tert-alkyl or cyclic N) is 1.